The lowest BCUT2D eigenvalue weighted by Gasteiger charge is -2.05. The number of hydrogen-bond donors (Lipinski definition) is 2. The SMILES string of the molecule is O=C(NC/C=C(\Cl)C(=O)O)OCc1ccccc1. The molecule has 96 valence electrons. The number of carboxylic acids is 1. The van der Waals surface area contributed by atoms with Gasteiger partial charge in [0.1, 0.15) is 11.6 Å². The molecule has 6 heteroatoms. The molecule has 0 aromatic heterocycles. The van der Waals surface area contributed by atoms with Crippen LogP contribution in [-0.4, -0.2) is 23.7 Å². The van der Waals surface area contributed by atoms with Gasteiger partial charge in [-0.1, -0.05) is 41.9 Å². The maximum atomic E-state index is 11.2. The summed E-state index contributed by atoms with van der Waals surface area (Å²) in [5.41, 5.74) is 0.867. The highest BCUT2D eigenvalue weighted by Gasteiger charge is 2.03. The molecule has 0 spiro atoms. The van der Waals surface area contributed by atoms with E-state index < -0.39 is 12.1 Å². The molecule has 5 nitrogen and oxygen atoms in total. The molecule has 1 aromatic rings. The molecule has 1 aromatic carbocycles. The molecule has 0 aliphatic rings. The van der Waals surface area contributed by atoms with E-state index in [-0.39, 0.29) is 18.2 Å². The van der Waals surface area contributed by atoms with Crippen LogP contribution in [0.3, 0.4) is 0 Å². The maximum Gasteiger partial charge on any atom is 0.407 e. The van der Waals surface area contributed by atoms with Gasteiger partial charge < -0.3 is 15.2 Å². The number of carbonyl (C=O) groups is 2. The number of alkyl carbamates (subject to hydrolysis) is 1. The molecule has 1 amide bonds. The molecule has 0 aliphatic heterocycles. The molecular weight excluding hydrogens is 258 g/mol. The second-order valence-electron chi connectivity index (χ2n) is 3.30. The summed E-state index contributed by atoms with van der Waals surface area (Å²) in [6, 6.07) is 9.20. The van der Waals surface area contributed by atoms with Gasteiger partial charge in [-0.05, 0) is 11.6 Å². The fourth-order valence-corrected chi connectivity index (χ4v) is 1.16. The van der Waals surface area contributed by atoms with Gasteiger partial charge in [0.25, 0.3) is 0 Å². The molecule has 0 aliphatic carbocycles. The molecule has 2 N–H and O–H groups in total. The minimum Gasteiger partial charge on any atom is -0.477 e. The number of ether oxygens (including phenoxy) is 1. The van der Waals surface area contributed by atoms with E-state index in [0.29, 0.717) is 0 Å². The first kappa shape index (κ1) is 14.1. The molecule has 0 bridgehead atoms. The molecule has 0 saturated heterocycles. The molecule has 18 heavy (non-hydrogen) atoms. The van der Waals surface area contributed by atoms with Gasteiger partial charge in [-0.25, -0.2) is 9.59 Å². The van der Waals surface area contributed by atoms with E-state index in [1.807, 2.05) is 30.3 Å². The van der Waals surface area contributed by atoms with E-state index in [4.69, 9.17) is 21.4 Å². The van der Waals surface area contributed by atoms with Crippen molar-refractivity contribution in [1.29, 1.82) is 0 Å². The van der Waals surface area contributed by atoms with Crippen LogP contribution < -0.4 is 5.32 Å². The van der Waals surface area contributed by atoms with Crippen molar-refractivity contribution in [2.24, 2.45) is 0 Å². The topological polar surface area (TPSA) is 75.6 Å². The molecule has 0 unspecified atom stereocenters. The Kier molecular flexibility index (Phi) is 5.73. The highest BCUT2D eigenvalue weighted by molar-refractivity contribution is 6.40. The molecule has 0 atom stereocenters. The first-order chi connectivity index (χ1) is 8.59. The summed E-state index contributed by atoms with van der Waals surface area (Å²) < 4.78 is 4.90. The zero-order chi connectivity index (χ0) is 13.4. The van der Waals surface area contributed by atoms with Crippen molar-refractivity contribution in [3.05, 3.63) is 47.0 Å². The highest BCUT2D eigenvalue weighted by Crippen LogP contribution is 2.01. The average molecular weight is 270 g/mol. The van der Waals surface area contributed by atoms with E-state index in [1.165, 1.54) is 6.08 Å². The van der Waals surface area contributed by atoms with Crippen molar-refractivity contribution in [3.8, 4) is 0 Å². The van der Waals surface area contributed by atoms with Crippen molar-refractivity contribution in [2.75, 3.05) is 6.54 Å². The van der Waals surface area contributed by atoms with Crippen molar-refractivity contribution in [1.82, 2.24) is 5.32 Å². The Morgan fingerprint density at radius 3 is 2.61 bits per heavy atom. The van der Waals surface area contributed by atoms with Crippen LogP contribution in [0.5, 0.6) is 0 Å². The lowest BCUT2D eigenvalue weighted by atomic mass is 10.2. The number of aliphatic carboxylic acids is 1. The predicted molar refractivity (Wildman–Crippen MR) is 66.2 cm³/mol. The van der Waals surface area contributed by atoms with Crippen molar-refractivity contribution >= 4 is 23.7 Å². The second kappa shape index (κ2) is 7.34. The highest BCUT2D eigenvalue weighted by atomic mass is 35.5. The Labute approximate surface area is 109 Å². The summed E-state index contributed by atoms with van der Waals surface area (Å²) in [6.07, 6.45) is 0.540. The predicted octanol–water partition coefficient (Wildman–Crippen LogP) is 2.12. The second-order valence-corrected chi connectivity index (χ2v) is 3.71. The van der Waals surface area contributed by atoms with Crippen LogP contribution in [0.15, 0.2) is 41.4 Å². The maximum absolute atomic E-state index is 11.2. The number of benzene rings is 1. The van der Waals surface area contributed by atoms with E-state index in [1.54, 1.807) is 0 Å². The van der Waals surface area contributed by atoms with E-state index in [9.17, 15) is 9.59 Å². The third kappa shape index (κ3) is 5.36. The summed E-state index contributed by atoms with van der Waals surface area (Å²) in [5.74, 6) is -1.24. The van der Waals surface area contributed by atoms with Crippen LogP contribution >= 0.6 is 11.6 Å². The number of carboxylic acid groups (broad SMARTS) is 1. The number of nitrogens with one attached hydrogen (secondary N) is 1. The van der Waals surface area contributed by atoms with Crippen molar-refractivity contribution in [3.63, 3.8) is 0 Å². The van der Waals surface area contributed by atoms with Crippen LogP contribution in [0.1, 0.15) is 5.56 Å². The minimum absolute atomic E-state index is 0.00123. The zero-order valence-electron chi connectivity index (χ0n) is 9.43. The first-order valence-corrected chi connectivity index (χ1v) is 5.51. The molecular formula is C12H12ClNO4. The van der Waals surface area contributed by atoms with E-state index >= 15 is 0 Å². The Balaban J connectivity index is 2.27. The number of hydrogen-bond acceptors (Lipinski definition) is 3. The van der Waals surface area contributed by atoms with Crippen LogP contribution in [0, 0.1) is 0 Å². The van der Waals surface area contributed by atoms with E-state index in [0.717, 1.165) is 5.56 Å². The van der Waals surface area contributed by atoms with Gasteiger partial charge in [0.05, 0.1) is 0 Å². The number of carbonyl (C=O) groups excluding carboxylic acids is 1. The summed E-state index contributed by atoms with van der Waals surface area (Å²) in [5, 5.41) is 10.5. The standard InChI is InChI=1S/C12H12ClNO4/c13-10(11(15)16)6-7-14-12(17)18-8-9-4-2-1-3-5-9/h1-6H,7-8H2,(H,14,17)(H,15,16)/b10-6-. The van der Waals surface area contributed by atoms with Gasteiger partial charge in [0.15, 0.2) is 0 Å². The summed E-state index contributed by atoms with van der Waals surface area (Å²) in [4.78, 5) is 21.6. The number of rotatable bonds is 5. The Bertz CT molecular complexity index is 445. The van der Waals surface area contributed by atoms with Crippen LogP contribution in [-0.2, 0) is 16.1 Å². The minimum atomic E-state index is -1.24. The monoisotopic (exact) mass is 269 g/mol. The van der Waals surface area contributed by atoms with Gasteiger partial charge >= 0.3 is 12.1 Å². The van der Waals surface area contributed by atoms with Crippen LogP contribution in [0.2, 0.25) is 0 Å². The summed E-state index contributed by atoms with van der Waals surface area (Å²) in [6.45, 7) is 0.155. The molecule has 1 rings (SSSR count). The fraction of sp³-hybridized carbons (Fsp3) is 0.167. The molecule has 0 radical (unpaired) electrons. The first-order valence-electron chi connectivity index (χ1n) is 5.13. The van der Waals surface area contributed by atoms with Gasteiger partial charge in [0.2, 0.25) is 0 Å². The fourth-order valence-electron chi connectivity index (χ4n) is 1.09. The van der Waals surface area contributed by atoms with Crippen LogP contribution in [0.4, 0.5) is 4.79 Å². The largest absolute Gasteiger partial charge is 0.477 e. The molecule has 0 fully saturated rings. The number of halogens is 1. The third-order valence-electron chi connectivity index (χ3n) is 1.94. The van der Waals surface area contributed by atoms with Crippen LogP contribution in [0.25, 0.3) is 0 Å². The van der Waals surface area contributed by atoms with Gasteiger partial charge in [-0.3, -0.25) is 0 Å². The van der Waals surface area contributed by atoms with Crippen molar-refractivity contribution < 1.29 is 19.4 Å². The summed E-state index contributed by atoms with van der Waals surface area (Å²) in [7, 11) is 0. The number of amides is 1. The third-order valence-corrected chi connectivity index (χ3v) is 2.26. The Morgan fingerprint density at radius 2 is 2.00 bits per heavy atom. The van der Waals surface area contributed by atoms with Gasteiger partial charge in [0, 0.05) is 6.54 Å². The van der Waals surface area contributed by atoms with E-state index in [2.05, 4.69) is 5.32 Å². The van der Waals surface area contributed by atoms with Crippen molar-refractivity contribution in [2.45, 2.75) is 6.61 Å². The normalized spacial score (nSPS) is 10.8. The smallest absolute Gasteiger partial charge is 0.407 e. The van der Waals surface area contributed by atoms with Gasteiger partial charge in [-0.2, -0.15) is 0 Å². The molecule has 0 heterocycles. The Hall–Kier alpha value is -2.01. The molecule has 0 saturated carbocycles. The lowest BCUT2D eigenvalue weighted by Crippen LogP contribution is -2.24. The lowest BCUT2D eigenvalue weighted by molar-refractivity contribution is -0.131. The Morgan fingerprint density at radius 1 is 1.33 bits per heavy atom. The zero-order valence-corrected chi connectivity index (χ0v) is 10.2. The average Bonchev–Trinajstić information content (AvgIpc) is 2.37. The summed E-state index contributed by atoms with van der Waals surface area (Å²) >= 11 is 5.34. The quantitative estimate of drug-likeness (QED) is 0.803. The van der Waals surface area contributed by atoms with Gasteiger partial charge in [-0.15, -0.1) is 0 Å².